The van der Waals surface area contributed by atoms with Gasteiger partial charge in [0.2, 0.25) is 0 Å². The van der Waals surface area contributed by atoms with Crippen molar-refractivity contribution in [1.29, 1.82) is 0 Å². The average Bonchev–Trinajstić information content (AvgIpc) is 2.47. The van der Waals surface area contributed by atoms with E-state index in [0.29, 0.717) is 0 Å². The third-order valence-corrected chi connectivity index (χ3v) is 3.65. The van der Waals surface area contributed by atoms with Crippen molar-refractivity contribution in [2.24, 2.45) is 0 Å². The highest BCUT2D eigenvalue weighted by Crippen LogP contribution is 2.30. The van der Waals surface area contributed by atoms with Gasteiger partial charge >= 0.3 is 0 Å². The van der Waals surface area contributed by atoms with Crippen molar-refractivity contribution in [3.05, 3.63) is 83.9 Å². The number of benzene rings is 3. The first-order valence-electron chi connectivity index (χ1n) is 6.45. The van der Waals surface area contributed by atoms with E-state index in [2.05, 4.69) is 24.3 Å². The lowest BCUT2D eigenvalue weighted by atomic mass is 9.87. The largest absolute Gasteiger partial charge is 0.381 e. The molecule has 1 N–H and O–H groups in total. The van der Waals surface area contributed by atoms with Crippen LogP contribution in [0.5, 0.6) is 0 Å². The molecule has 0 unspecified atom stereocenters. The van der Waals surface area contributed by atoms with Crippen LogP contribution in [0.3, 0.4) is 0 Å². The van der Waals surface area contributed by atoms with Gasteiger partial charge in [-0.05, 0) is 34.9 Å². The van der Waals surface area contributed by atoms with E-state index in [0.717, 1.165) is 16.5 Å². The van der Waals surface area contributed by atoms with Crippen LogP contribution in [0.4, 0.5) is 0 Å². The molecule has 0 bridgehead atoms. The molecule has 0 fully saturated rings. The molecule has 1 nitrogen and oxygen atoms in total. The molecule has 0 spiro atoms. The fourth-order valence-electron chi connectivity index (χ4n) is 2.42. The minimum Gasteiger partial charge on any atom is -0.381 e. The van der Waals surface area contributed by atoms with Crippen molar-refractivity contribution in [3.63, 3.8) is 0 Å². The molecular formula is C18H16O. The van der Waals surface area contributed by atoms with Gasteiger partial charge in [0, 0.05) is 0 Å². The van der Waals surface area contributed by atoms with Gasteiger partial charge in [-0.2, -0.15) is 0 Å². The Bertz CT molecular complexity index is 699. The molecule has 0 saturated heterocycles. The van der Waals surface area contributed by atoms with Crippen molar-refractivity contribution >= 4 is 10.8 Å². The lowest BCUT2D eigenvalue weighted by Gasteiger charge is -2.25. The lowest BCUT2D eigenvalue weighted by Crippen LogP contribution is -2.22. The van der Waals surface area contributed by atoms with Crippen LogP contribution in [0, 0.1) is 0 Å². The first-order valence-corrected chi connectivity index (χ1v) is 6.45. The normalized spacial score (nSPS) is 14.2. The molecule has 94 valence electrons. The Labute approximate surface area is 113 Å². The average molecular weight is 248 g/mol. The fraction of sp³-hybridized carbons (Fsp3) is 0.111. The van der Waals surface area contributed by atoms with Gasteiger partial charge in [-0.25, -0.2) is 0 Å². The number of hydrogen-bond donors (Lipinski definition) is 1. The molecule has 0 aromatic heterocycles. The number of hydrogen-bond acceptors (Lipinski definition) is 1. The Hall–Kier alpha value is -2.12. The first-order chi connectivity index (χ1) is 9.18. The molecule has 3 aromatic rings. The van der Waals surface area contributed by atoms with Gasteiger partial charge in [0.05, 0.1) is 0 Å². The van der Waals surface area contributed by atoms with Crippen molar-refractivity contribution in [1.82, 2.24) is 0 Å². The Morgan fingerprint density at radius 3 is 2.05 bits per heavy atom. The van der Waals surface area contributed by atoms with Crippen molar-refractivity contribution in [3.8, 4) is 0 Å². The summed E-state index contributed by atoms with van der Waals surface area (Å²) in [6, 6.07) is 24.1. The highest BCUT2D eigenvalue weighted by molar-refractivity contribution is 5.83. The molecule has 0 aliphatic carbocycles. The second kappa shape index (κ2) is 4.52. The summed E-state index contributed by atoms with van der Waals surface area (Å²) in [6.07, 6.45) is 0. The number of aliphatic hydroxyl groups is 1. The van der Waals surface area contributed by atoms with Crippen LogP contribution in [0.2, 0.25) is 0 Å². The summed E-state index contributed by atoms with van der Waals surface area (Å²) in [4.78, 5) is 0. The third-order valence-electron chi connectivity index (χ3n) is 3.65. The molecule has 0 saturated carbocycles. The van der Waals surface area contributed by atoms with E-state index in [-0.39, 0.29) is 0 Å². The molecule has 3 rings (SSSR count). The summed E-state index contributed by atoms with van der Waals surface area (Å²) in [5.74, 6) is 0. The van der Waals surface area contributed by atoms with E-state index in [1.165, 1.54) is 5.39 Å². The zero-order valence-corrected chi connectivity index (χ0v) is 10.9. The first kappa shape index (κ1) is 11.9. The maximum atomic E-state index is 10.8. The predicted octanol–water partition coefficient (Wildman–Crippen LogP) is 4.10. The zero-order chi connectivity index (χ0) is 13.3. The molecular weight excluding hydrogens is 232 g/mol. The minimum atomic E-state index is -0.967. The van der Waals surface area contributed by atoms with E-state index in [9.17, 15) is 5.11 Å². The second-order valence-electron chi connectivity index (χ2n) is 5.00. The summed E-state index contributed by atoms with van der Waals surface area (Å²) < 4.78 is 0. The Morgan fingerprint density at radius 2 is 1.32 bits per heavy atom. The van der Waals surface area contributed by atoms with Crippen molar-refractivity contribution in [2.45, 2.75) is 12.5 Å². The van der Waals surface area contributed by atoms with Crippen LogP contribution in [0.15, 0.2) is 72.8 Å². The highest BCUT2D eigenvalue weighted by atomic mass is 16.3. The molecule has 0 radical (unpaired) electrons. The Kier molecular flexibility index (Phi) is 2.84. The van der Waals surface area contributed by atoms with Gasteiger partial charge in [-0.3, -0.25) is 0 Å². The van der Waals surface area contributed by atoms with Crippen LogP contribution < -0.4 is 0 Å². The molecule has 0 amide bonds. The highest BCUT2D eigenvalue weighted by Gasteiger charge is 2.25. The molecule has 1 atom stereocenters. The maximum absolute atomic E-state index is 10.8. The SMILES string of the molecule is C[C@](O)(c1ccccc1)c1ccc2ccccc2c1. The number of rotatable bonds is 2. The van der Waals surface area contributed by atoms with E-state index < -0.39 is 5.60 Å². The fourth-order valence-corrected chi connectivity index (χ4v) is 2.42. The summed E-state index contributed by atoms with van der Waals surface area (Å²) in [7, 11) is 0. The van der Waals surface area contributed by atoms with Gasteiger partial charge in [0.1, 0.15) is 5.60 Å². The topological polar surface area (TPSA) is 20.2 Å². The zero-order valence-electron chi connectivity index (χ0n) is 10.9. The van der Waals surface area contributed by atoms with Crippen molar-refractivity contribution < 1.29 is 5.11 Å². The van der Waals surface area contributed by atoms with Gasteiger partial charge in [-0.1, -0.05) is 66.7 Å². The monoisotopic (exact) mass is 248 g/mol. The molecule has 0 heterocycles. The summed E-state index contributed by atoms with van der Waals surface area (Å²) in [5.41, 5.74) is 0.855. The predicted molar refractivity (Wildman–Crippen MR) is 79.1 cm³/mol. The van der Waals surface area contributed by atoms with Gasteiger partial charge in [0.25, 0.3) is 0 Å². The Morgan fingerprint density at radius 1 is 0.684 bits per heavy atom. The third kappa shape index (κ3) is 2.13. The van der Waals surface area contributed by atoms with E-state index in [1.807, 2.05) is 55.5 Å². The van der Waals surface area contributed by atoms with Gasteiger partial charge in [-0.15, -0.1) is 0 Å². The van der Waals surface area contributed by atoms with Crippen LogP contribution in [0.25, 0.3) is 10.8 Å². The van der Waals surface area contributed by atoms with E-state index >= 15 is 0 Å². The van der Waals surface area contributed by atoms with Crippen LogP contribution in [0.1, 0.15) is 18.1 Å². The lowest BCUT2D eigenvalue weighted by molar-refractivity contribution is 0.102. The quantitative estimate of drug-likeness (QED) is 0.724. The molecule has 3 aromatic carbocycles. The van der Waals surface area contributed by atoms with Crippen LogP contribution in [-0.4, -0.2) is 5.11 Å². The summed E-state index contributed by atoms with van der Waals surface area (Å²) >= 11 is 0. The van der Waals surface area contributed by atoms with Crippen molar-refractivity contribution in [2.75, 3.05) is 0 Å². The second-order valence-corrected chi connectivity index (χ2v) is 5.00. The summed E-state index contributed by atoms with van der Waals surface area (Å²) in [5, 5.41) is 13.2. The van der Waals surface area contributed by atoms with E-state index in [4.69, 9.17) is 0 Å². The van der Waals surface area contributed by atoms with Gasteiger partial charge < -0.3 is 5.11 Å². The Balaban J connectivity index is 2.13. The molecule has 0 aliphatic heterocycles. The maximum Gasteiger partial charge on any atom is 0.112 e. The van der Waals surface area contributed by atoms with E-state index in [1.54, 1.807) is 0 Å². The molecule has 1 heteroatoms. The van der Waals surface area contributed by atoms with Crippen LogP contribution in [-0.2, 0) is 5.60 Å². The molecule has 19 heavy (non-hydrogen) atoms. The van der Waals surface area contributed by atoms with Gasteiger partial charge in [0.15, 0.2) is 0 Å². The summed E-state index contributed by atoms with van der Waals surface area (Å²) in [6.45, 7) is 1.84. The standard InChI is InChI=1S/C18H16O/c1-18(19,16-9-3-2-4-10-16)17-12-11-14-7-5-6-8-15(14)13-17/h2-13,19H,1H3/t18-/m0/s1. The smallest absolute Gasteiger partial charge is 0.112 e. The molecule has 0 aliphatic rings. The number of fused-ring (bicyclic) bond motifs is 1. The van der Waals surface area contributed by atoms with Crippen LogP contribution >= 0.6 is 0 Å². The minimum absolute atomic E-state index is 0.908.